The first-order valence-corrected chi connectivity index (χ1v) is 5.98. The summed E-state index contributed by atoms with van der Waals surface area (Å²) in [6.07, 6.45) is -5.08. The van der Waals surface area contributed by atoms with Crippen molar-refractivity contribution in [2.75, 3.05) is 6.61 Å². The maximum Gasteiger partial charge on any atom is 0.490 e. The van der Waals surface area contributed by atoms with Crippen LogP contribution in [0.3, 0.4) is 0 Å². The van der Waals surface area contributed by atoms with E-state index in [9.17, 15) is 17.6 Å². The number of aromatic nitrogens is 1. The SMILES string of the molecule is CCOc1ccc(CBr)nc1F.O=C(O)C(F)(F)F. The predicted octanol–water partition coefficient (Wildman–Crippen LogP) is 3.15. The Bertz CT molecular complexity index is 426. The van der Waals surface area contributed by atoms with Crippen molar-refractivity contribution in [3.8, 4) is 5.75 Å². The van der Waals surface area contributed by atoms with E-state index in [4.69, 9.17) is 14.6 Å². The number of carbonyl (C=O) groups is 1. The highest BCUT2D eigenvalue weighted by atomic mass is 79.9. The number of nitrogens with zero attached hydrogens (tertiary/aromatic N) is 1. The molecule has 0 amide bonds. The topological polar surface area (TPSA) is 59.4 Å². The molecule has 0 radical (unpaired) electrons. The van der Waals surface area contributed by atoms with E-state index in [-0.39, 0.29) is 5.75 Å². The number of alkyl halides is 4. The molecule has 108 valence electrons. The van der Waals surface area contributed by atoms with Gasteiger partial charge in [-0.3, -0.25) is 0 Å². The zero-order chi connectivity index (χ0) is 15.1. The smallest absolute Gasteiger partial charge is 0.489 e. The van der Waals surface area contributed by atoms with E-state index in [1.807, 2.05) is 0 Å². The normalized spacial score (nSPS) is 10.4. The maximum absolute atomic E-state index is 13.0. The average Bonchev–Trinajstić information content (AvgIpc) is 2.31. The molecular formula is C10H10BrF4NO3. The van der Waals surface area contributed by atoms with Crippen molar-refractivity contribution in [2.24, 2.45) is 0 Å². The number of carboxylic acids is 1. The molecule has 0 spiro atoms. The van der Waals surface area contributed by atoms with E-state index in [1.54, 1.807) is 19.1 Å². The molecule has 4 nitrogen and oxygen atoms in total. The summed E-state index contributed by atoms with van der Waals surface area (Å²) in [6.45, 7) is 2.25. The van der Waals surface area contributed by atoms with Gasteiger partial charge >= 0.3 is 12.1 Å². The lowest BCUT2D eigenvalue weighted by Crippen LogP contribution is -2.21. The number of ether oxygens (including phenoxy) is 1. The summed E-state index contributed by atoms with van der Waals surface area (Å²) in [4.78, 5) is 12.6. The molecule has 0 atom stereocenters. The molecule has 1 aromatic heterocycles. The van der Waals surface area contributed by atoms with Gasteiger partial charge in [-0.15, -0.1) is 0 Å². The second-order valence-electron chi connectivity index (χ2n) is 2.96. The summed E-state index contributed by atoms with van der Waals surface area (Å²) in [5.74, 6) is -3.09. The molecule has 1 rings (SSSR count). The van der Waals surface area contributed by atoms with Crippen LogP contribution in [0.25, 0.3) is 0 Å². The number of aliphatic carboxylic acids is 1. The first-order chi connectivity index (χ1) is 8.72. The van der Waals surface area contributed by atoms with Crippen molar-refractivity contribution in [3.63, 3.8) is 0 Å². The van der Waals surface area contributed by atoms with Crippen LogP contribution in [0.15, 0.2) is 12.1 Å². The number of hydrogen-bond donors (Lipinski definition) is 1. The number of pyridine rings is 1. The standard InChI is InChI=1S/C8H9BrFNO.C2HF3O2/c1-2-12-7-4-3-6(5-9)11-8(7)10;3-2(4,5)1(6)7/h3-4H,2,5H2,1H3;(H,6,7). The third kappa shape index (κ3) is 6.94. The van der Waals surface area contributed by atoms with E-state index in [1.165, 1.54) is 0 Å². The molecule has 0 unspecified atom stereocenters. The minimum Gasteiger partial charge on any atom is -0.489 e. The van der Waals surface area contributed by atoms with Gasteiger partial charge < -0.3 is 9.84 Å². The van der Waals surface area contributed by atoms with Crippen LogP contribution >= 0.6 is 15.9 Å². The van der Waals surface area contributed by atoms with Gasteiger partial charge in [-0.25, -0.2) is 9.78 Å². The molecule has 0 saturated carbocycles. The van der Waals surface area contributed by atoms with E-state index in [0.717, 1.165) is 0 Å². The quantitative estimate of drug-likeness (QED) is 0.518. The summed E-state index contributed by atoms with van der Waals surface area (Å²) >= 11 is 3.19. The highest BCUT2D eigenvalue weighted by Crippen LogP contribution is 2.16. The lowest BCUT2D eigenvalue weighted by molar-refractivity contribution is -0.192. The van der Waals surface area contributed by atoms with Gasteiger partial charge in [0.25, 0.3) is 5.95 Å². The van der Waals surface area contributed by atoms with Crippen LogP contribution in [0.5, 0.6) is 5.75 Å². The Morgan fingerprint density at radius 3 is 2.32 bits per heavy atom. The van der Waals surface area contributed by atoms with Gasteiger partial charge in [-0.05, 0) is 19.1 Å². The third-order valence-corrected chi connectivity index (χ3v) is 2.13. The minimum atomic E-state index is -5.08. The molecule has 1 N–H and O–H groups in total. The fraction of sp³-hybridized carbons (Fsp3) is 0.400. The highest BCUT2D eigenvalue weighted by molar-refractivity contribution is 9.08. The van der Waals surface area contributed by atoms with Gasteiger partial charge in [0.1, 0.15) is 0 Å². The Morgan fingerprint density at radius 1 is 1.47 bits per heavy atom. The Hall–Kier alpha value is -1.38. The summed E-state index contributed by atoms with van der Waals surface area (Å²) in [6, 6.07) is 3.31. The summed E-state index contributed by atoms with van der Waals surface area (Å²) in [5, 5.41) is 7.68. The van der Waals surface area contributed by atoms with E-state index >= 15 is 0 Å². The first-order valence-electron chi connectivity index (χ1n) is 4.86. The third-order valence-electron chi connectivity index (χ3n) is 1.55. The van der Waals surface area contributed by atoms with Crippen LogP contribution in [-0.2, 0) is 10.1 Å². The van der Waals surface area contributed by atoms with Crippen molar-refractivity contribution >= 4 is 21.9 Å². The maximum atomic E-state index is 13.0. The van der Waals surface area contributed by atoms with Crippen LogP contribution in [0, 0.1) is 5.95 Å². The van der Waals surface area contributed by atoms with Gasteiger partial charge in [0.15, 0.2) is 5.75 Å². The predicted molar refractivity (Wildman–Crippen MR) is 61.7 cm³/mol. The molecule has 0 aromatic carbocycles. The summed E-state index contributed by atoms with van der Waals surface area (Å²) in [5.41, 5.74) is 0.663. The van der Waals surface area contributed by atoms with Gasteiger partial charge in [0, 0.05) is 5.33 Å². The van der Waals surface area contributed by atoms with Crippen molar-refractivity contribution in [3.05, 3.63) is 23.8 Å². The molecule has 0 aliphatic rings. The Kier molecular flexibility index (Phi) is 7.35. The lowest BCUT2D eigenvalue weighted by Gasteiger charge is -2.03. The fourth-order valence-electron chi connectivity index (χ4n) is 0.797. The number of halogens is 5. The number of hydrogen-bond acceptors (Lipinski definition) is 3. The molecule has 0 bridgehead atoms. The minimum absolute atomic E-state index is 0.210. The van der Waals surface area contributed by atoms with Crippen LogP contribution < -0.4 is 4.74 Å². The van der Waals surface area contributed by atoms with Gasteiger partial charge in [-0.1, -0.05) is 15.9 Å². The van der Waals surface area contributed by atoms with Crippen LogP contribution in [0.1, 0.15) is 12.6 Å². The molecule has 19 heavy (non-hydrogen) atoms. The summed E-state index contributed by atoms with van der Waals surface area (Å²) < 4.78 is 49.7. The van der Waals surface area contributed by atoms with E-state index < -0.39 is 18.1 Å². The van der Waals surface area contributed by atoms with E-state index in [2.05, 4.69) is 20.9 Å². The van der Waals surface area contributed by atoms with Crippen molar-refractivity contribution < 1.29 is 32.2 Å². The monoisotopic (exact) mass is 347 g/mol. The number of rotatable bonds is 3. The van der Waals surface area contributed by atoms with Crippen molar-refractivity contribution in [1.82, 2.24) is 4.98 Å². The Morgan fingerprint density at radius 2 is 2.00 bits per heavy atom. The average molecular weight is 348 g/mol. The Labute approximate surface area is 114 Å². The van der Waals surface area contributed by atoms with Crippen LogP contribution in [0.2, 0.25) is 0 Å². The largest absolute Gasteiger partial charge is 0.490 e. The zero-order valence-electron chi connectivity index (χ0n) is 9.67. The van der Waals surface area contributed by atoms with Crippen molar-refractivity contribution in [1.29, 1.82) is 0 Å². The first kappa shape index (κ1) is 17.6. The molecule has 0 fully saturated rings. The lowest BCUT2D eigenvalue weighted by atomic mass is 10.4. The highest BCUT2D eigenvalue weighted by Gasteiger charge is 2.38. The van der Waals surface area contributed by atoms with Gasteiger partial charge in [0.05, 0.1) is 12.3 Å². The van der Waals surface area contributed by atoms with Crippen molar-refractivity contribution in [2.45, 2.75) is 18.4 Å². The molecular weight excluding hydrogens is 338 g/mol. The van der Waals surface area contributed by atoms with Crippen LogP contribution in [0.4, 0.5) is 17.6 Å². The molecule has 0 saturated heterocycles. The molecule has 1 heterocycles. The summed E-state index contributed by atoms with van der Waals surface area (Å²) in [7, 11) is 0. The Balaban J connectivity index is 0.000000399. The molecule has 0 aliphatic heterocycles. The second kappa shape index (κ2) is 7.93. The fourth-order valence-corrected chi connectivity index (χ4v) is 1.11. The number of carboxylic acid groups (broad SMARTS) is 1. The van der Waals surface area contributed by atoms with Crippen LogP contribution in [-0.4, -0.2) is 28.8 Å². The second-order valence-corrected chi connectivity index (χ2v) is 3.52. The molecule has 0 aliphatic carbocycles. The van der Waals surface area contributed by atoms with Gasteiger partial charge in [0.2, 0.25) is 0 Å². The molecule has 9 heteroatoms. The van der Waals surface area contributed by atoms with E-state index in [0.29, 0.717) is 17.6 Å². The van der Waals surface area contributed by atoms with Gasteiger partial charge in [-0.2, -0.15) is 17.6 Å². The molecule has 1 aromatic rings. The zero-order valence-corrected chi connectivity index (χ0v) is 11.3.